The normalized spacial score (nSPS) is 10.8. The van der Waals surface area contributed by atoms with E-state index in [4.69, 9.17) is 5.11 Å². The molecular formula is C12H9F2NO2. The number of carboxylic acid groups (broad SMARTS) is 1. The zero-order valence-corrected chi connectivity index (χ0v) is 8.65. The summed E-state index contributed by atoms with van der Waals surface area (Å²) < 4.78 is 24.7. The van der Waals surface area contributed by atoms with Crippen molar-refractivity contribution in [2.45, 2.75) is 6.43 Å². The minimum atomic E-state index is -2.52. The van der Waals surface area contributed by atoms with Crippen molar-refractivity contribution in [1.29, 1.82) is 0 Å². The molecule has 0 atom stereocenters. The molecule has 0 radical (unpaired) electrons. The van der Waals surface area contributed by atoms with Gasteiger partial charge in [-0.2, -0.15) is 0 Å². The number of hydrogen-bond donors (Lipinski definition) is 2. The van der Waals surface area contributed by atoms with Crippen molar-refractivity contribution in [1.82, 2.24) is 4.98 Å². The van der Waals surface area contributed by atoms with Gasteiger partial charge < -0.3 is 10.1 Å². The molecule has 0 aliphatic carbocycles. The molecule has 0 amide bonds. The number of aromatic nitrogens is 1. The van der Waals surface area contributed by atoms with E-state index in [0.717, 1.165) is 0 Å². The van der Waals surface area contributed by atoms with E-state index in [-0.39, 0.29) is 11.1 Å². The number of halogens is 2. The van der Waals surface area contributed by atoms with Gasteiger partial charge >= 0.3 is 5.97 Å². The van der Waals surface area contributed by atoms with E-state index in [1.54, 1.807) is 0 Å². The van der Waals surface area contributed by atoms with Crippen LogP contribution in [0, 0.1) is 0 Å². The van der Waals surface area contributed by atoms with E-state index in [2.05, 4.69) is 4.98 Å². The molecule has 0 saturated carbocycles. The Hall–Kier alpha value is -2.17. The Labute approximate surface area is 95.7 Å². The topological polar surface area (TPSA) is 53.1 Å². The van der Waals surface area contributed by atoms with Gasteiger partial charge in [0.25, 0.3) is 6.43 Å². The smallest absolute Gasteiger partial charge is 0.337 e. The van der Waals surface area contributed by atoms with E-state index in [1.165, 1.54) is 36.7 Å². The molecule has 17 heavy (non-hydrogen) atoms. The molecule has 2 rings (SSSR count). The van der Waals surface area contributed by atoms with Gasteiger partial charge in [0.1, 0.15) is 0 Å². The van der Waals surface area contributed by atoms with Gasteiger partial charge in [0.05, 0.1) is 5.56 Å². The Morgan fingerprint density at radius 3 is 2.35 bits per heavy atom. The van der Waals surface area contributed by atoms with E-state index < -0.39 is 12.4 Å². The zero-order valence-electron chi connectivity index (χ0n) is 8.65. The fourth-order valence-electron chi connectivity index (χ4n) is 1.59. The Balaban J connectivity index is 2.40. The Kier molecular flexibility index (Phi) is 2.91. The number of benzene rings is 1. The molecular weight excluding hydrogens is 228 g/mol. The Morgan fingerprint density at radius 1 is 1.18 bits per heavy atom. The van der Waals surface area contributed by atoms with Crippen molar-refractivity contribution in [2.24, 2.45) is 0 Å². The molecule has 3 nitrogen and oxygen atoms in total. The van der Waals surface area contributed by atoms with Crippen molar-refractivity contribution in [3.8, 4) is 11.1 Å². The molecule has 1 heterocycles. The van der Waals surface area contributed by atoms with Crippen molar-refractivity contribution < 1.29 is 18.7 Å². The molecule has 0 fully saturated rings. The molecule has 0 saturated heterocycles. The maximum Gasteiger partial charge on any atom is 0.337 e. The highest BCUT2D eigenvalue weighted by Crippen LogP contribution is 2.26. The number of aromatic amines is 1. The molecule has 88 valence electrons. The number of alkyl halides is 2. The van der Waals surface area contributed by atoms with Crippen molar-refractivity contribution >= 4 is 5.97 Å². The number of carbonyl (C=O) groups is 1. The largest absolute Gasteiger partial charge is 0.478 e. The molecule has 0 aliphatic rings. The summed E-state index contributed by atoms with van der Waals surface area (Å²) in [5.41, 5.74) is 1.11. The van der Waals surface area contributed by atoms with Crippen LogP contribution in [0.5, 0.6) is 0 Å². The minimum Gasteiger partial charge on any atom is -0.478 e. The lowest BCUT2D eigenvalue weighted by Gasteiger charge is -2.03. The van der Waals surface area contributed by atoms with Crippen LogP contribution >= 0.6 is 0 Å². The van der Waals surface area contributed by atoms with Gasteiger partial charge in [-0.25, -0.2) is 13.6 Å². The van der Waals surface area contributed by atoms with E-state index in [0.29, 0.717) is 11.1 Å². The van der Waals surface area contributed by atoms with Gasteiger partial charge in [-0.15, -0.1) is 0 Å². The summed E-state index contributed by atoms with van der Waals surface area (Å²) in [5, 5.41) is 8.92. The molecule has 0 aliphatic heterocycles. The molecule has 1 aromatic heterocycles. The molecule has 0 bridgehead atoms. The lowest BCUT2D eigenvalue weighted by atomic mass is 10.0. The van der Waals surface area contributed by atoms with E-state index >= 15 is 0 Å². The van der Waals surface area contributed by atoms with Crippen LogP contribution < -0.4 is 0 Å². The molecule has 5 heteroatoms. The number of rotatable bonds is 3. The first kappa shape index (κ1) is 11.3. The molecule has 2 aromatic rings. The Bertz CT molecular complexity index is 532. The second-order valence-corrected chi connectivity index (χ2v) is 3.51. The van der Waals surface area contributed by atoms with Crippen LogP contribution in [0.15, 0.2) is 36.7 Å². The maximum atomic E-state index is 12.3. The first-order chi connectivity index (χ1) is 8.09. The predicted molar refractivity (Wildman–Crippen MR) is 58.1 cm³/mol. The van der Waals surface area contributed by atoms with Crippen LogP contribution in [0.25, 0.3) is 11.1 Å². The lowest BCUT2D eigenvalue weighted by molar-refractivity contribution is 0.0698. The number of carboxylic acids is 1. The third-order valence-electron chi connectivity index (χ3n) is 2.45. The second-order valence-electron chi connectivity index (χ2n) is 3.51. The fraction of sp³-hybridized carbons (Fsp3) is 0.0833. The van der Waals surface area contributed by atoms with Crippen LogP contribution in [0.1, 0.15) is 22.3 Å². The van der Waals surface area contributed by atoms with Crippen LogP contribution in [0.4, 0.5) is 8.78 Å². The summed E-state index contributed by atoms with van der Waals surface area (Å²) in [5.74, 6) is -1.06. The summed E-state index contributed by atoms with van der Waals surface area (Å²) in [6, 6.07) is 5.55. The summed E-state index contributed by atoms with van der Waals surface area (Å²) in [6.45, 7) is 0. The Morgan fingerprint density at radius 2 is 1.82 bits per heavy atom. The van der Waals surface area contributed by atoms with Gasteiger partial charge in [-0.3, -0.25) is 0 Å². The monoisotopic (exact) mass is 237 g/mol. The van der Waals surface area contributed by atoms with Crippen LogP contribution in [0.3, 0.4) is 0 Å². The van der Waals surface area contributed by atoms with Gasteiger partial charge in [0.2, 0.25) is 0 Å². The molecule has 1 aromatic carbocycles. The quantitative estimate of drug-likeness (QED) is 0.860. The number of H-pyrrole nitrogens is 1. The SMILES string of the molecule is O=C(O)c1c[nH]cc1-c1ccc(C(F)F)cc1. The van der Waals surface area contributed by atoms with Gasteiger partial charge in [-0.1, -0.05) is 24.3 Å². The van der Waals surface area contributed by atoms with Crippen molar-refractivity contribution in [3.63, 3.8) is 0 Å². The lowest BCUT2D eigenvalue weighted by Crippen LogP contribution is -1.96. The summed E-state index contributed by atoms with van der Waals surface area (Å²) >= 11 is 0. The highest BCUT2D eigenvalue weighted by molar-refractivity contribution is 5.95. The maximum absolute atomic E-state index is 12.3. The fourth-order valence-corrected chi connectivity index (χ4v) is 1.59. The summed E-state index contributed by atoms with van der Waals surface area (Å²) in [4.78, 5) is 13.6. The molecule has 0 unspecified atom stereocenters. The highest BCUT2D eigenvalue weighted by atomic mass is 19.3. The average molecular weight is 237 g/mol. The first-order valence-electron chi connectivity index (χ1n) is 4.88. The van der Waals surface area contributed by atoms with Crippen molar-refractivity contribution in [3.05, 3.63) is 47.8 Å². The van der Waals surface area contributed by atoms with Crippen LogP contribution in [-0.4, -0.2) is 16.1 Å². The number of aromatic carboxylic acids is 1. The molecule has 0 spiro atoms. The van der Waals surface area contributed by atoms with E-state index in [1.807, 2.05) is 0 Å². The van der Waals surface area contributed by atoms with E-state index in [9.17, 15) is 13.6 Å². The second kappa shape index (κ2) is 4.37. The van der Waals surface area contributed by atoms with Gasteiger partial charge in [-0.05, 0) is 5.56 Å². The third kappa shape index (κ3) is 2.18. The van der Waals surface area contributed by atoms with Crippen LogP contribution in [-0.2, 0) is 0 Å². The third-order valence-corrected chi connectivity index (χ3v) is 2.45. The van der Waals surface area contributed by atoms with Crippen molar-refractivity contribution in [2.75, 3.05) is 0 Å². The van der Waals surface area contributed by atoms with Crippen LogP contribution in [0.2, 0.25) is 0 Å². The first-order valence-corrected chi connectivity index (χ1v) is 4.88. The molecule has 2 N–H and O–H groups in total. The van der Waals surface area contributed by atoms with Gasteiger partial charge in [0.15, 0.2) is 0 Å². The predicted octanol–water partition coefficient (Wildman–Crippen LogP) is 3.32. The average Bonchev–Trinajstić information content (AvgIpc) is 2.78. The number of hydrogen-bond acceptors (Lipinski definition) is 1. The van der Waals surface area contributed by atoms with Gasteiger partial charge in [0, 0.05) is 23.5 Å². The standard InChI is InChI=1S/C12H9F2NO2/c13-11(14)8-3-1-7(2-4-8)9-5-15-6-10(9)12(16)17/h1-6,11,15H,(H,16,17). The summed E-state index contributed by atoms with van der Waals surface area (Å²) in [6.07, 6.45) is 0.369. The minimum absolute atomic E-state index is 0.0823. The zero-order chi connectivity index (χ0) is 12.4. The highest BCUT2D eigenvalue weighted by Gasteiger charge is 2.13. The number of nitrogens with one attached hydrogen (secondary N) is 1. The summed E-state index contributed by atoms with van der Waals surface area (Å²) in [7, 11) is 0.